The molecular formula is C10H14O2. The number of aryl methyl sites for hydroxylation is 1. The maximum Gasteiger partial charge on any atom is 0.107 e. The van der Waals surface area contributed by atoms with Crippen LogP contribution < -0.4 is 0 Å². The van der Waals surface area contributed by atoms with E-state index in [1.807, 2.05) is 12.1 Å². The lowest BCUT2D eigenvalue weighted by Crippen LogP contribution is -1.86. The van der Waals surface area contributed by atoms with Crippen molar-refractivity contribution in [2.24, 2.45) is 5.92 Å². The fraction of sp³-hybridized carbons (Fsp3) is 0.600. The van der Waals surface area contributed by atoms with Crippen LogP contribution in [-0.4, -0.2) is 11.7 Å². The SMILES string of the molecule is CCc1ccc(C2CC2CO)o1. The van der Waals surface area contributed by atoms with Crippen LogP contribution in [0.15, 0.2) is 16.5 Å². The van der Waals surface area contributed by atoms with Gasteiger partial charge in [-0.3, -0.25) is 0 Å². The van der Waals surface area contributed by atoms with Crippen molar-refractivity contribution in [3.05, 3.63) is 23.7 Å². The summed E-state index contributed by atoms with van der Waals surface area (Å²) in [4.78, 5) is 0. The van der Waals surface area contributed by atoms with Crippen molar-refractivity contribution >= 4 is 0 Å². The minimum absolute atomic E-state index is 0.298. The molecule has 1 aromatic heterocycles. The molecule has 0 aromatic carbocycles. The normalized spacial score (nSPS) is 27.5. The molecule has 1 heterocycles. The Balaban J connectivity index is 2.05. The molecule has 2 heteroatoms. The van der Waals surface area contributed by atoms with Gasteiger partial charge < -0.3 is 9.52 Å². The lowest BCUT2D eigenvalue weighted by molar-refractivity contribution is 0.271. The van der Waals surface area contributed by atoms with Gasteiger partial charge in [-0.1, -0.05) is 6.92 Å². The van der Waals surface area contributed by atoms with E-state index in [1.165, 1.54) is 0 Å². The Morgan fingerprint density at radius 1 is 1.58 bits per heavy atom. The molecule has 2 nitrogen and oxygen atoms in total. The first-order valence-corrected chi connectivity index (χ1v) is 4.54. The average Bonchev–Trinajstić information content (AvgIpc) is 2.75. The van der Waals surface area contributed by atoms with Gasteiger partial charge >= 0.3 is 0 Å². The lowest BCUT2D eigenvalue weighted by Gasteiger charge is -1.92. The fourth-order valence-corrected chi connectivity index (χ4v) is 1.58. The minimum atomic E-state index is 0.298. The van der Waals surface area contributed by atoms with Gasteiger partial charge in [0, 0.05) is 18.9 Å². The first kappa shape index (κ1) is 7.87. The van der Waals surface area contributed by atoms with Gasteiger partial charge in [-0.15, -0.1) is 0 Å². The number of hydrogen-bond donors (Lipinski definition) is 1. The Morgan fingerprint density at radius 3 is 2.92 bits per heavy atom. The number of aliphatic hydroxyl groups excluding tert-OH is 1. The predicted octanol–water partition coefficient (Wildman–Crippen LogP) is 1.94. The Bertz CT molecular complexity index is 265. The molecule has 2 atom stereocenters. The summed E-state index contributed by atoms with van der Waals surface area (Å²) in [6.45, 7) is 2.38. The Morgan fingerprint density at radius 2 is 2.42 bits per heavy atom. The summed E-state index contributed by atoms with van der Waals surface area (Å²) < 4.78 is 5.58. The quantitative estimate of drug-likeness (QED) is 0.744. The number of hydrogen-bond acceptors (Lipinski definition) is 2. The smallest absolute Gasteiger partial charge is 0.107 e. The number of rotatable bonds is 3. The van der Waals surface area contributed by atoms with Crippen LogP contribution in [0.2, 0.25) is 0 Å². The van der Waals surface area contributed by atoms with E-state index in [2.05, 4.69) is 6.92 Å². The van der Waals surface area contributed by atoms with E-state index in [4.69, 9.17) is 9.52 Å². The second-order valence-corrected chi connectivity index (χ2v) is 3.44. The molecule has 1 aromatic rings. The summed E-state index contributed by atoms with van der Waals surface area (Å²) in [6, 6.07) is 4.07. The summed E-state index contributed by atoms with van der Waals surface area (Å²) in [5, 5.41) is 8.86. The molecule has 0 spiro atoms. The van der Waals surface area contributed by atoms with Crippen molar-refractivity contribution in [2.45, 2.75) is 25.7 Å². The van der Waals surface area contributed by atoms with E-state index in [9.17, 15) is 0 Å². The molecule has 0 saturated heterocycles. The van der Waals surface area contributed by atoms with Gasteiger partial charge in [-0.25, -0.2) is 0 Å². The van der Waals surface area contributed by atoms with Crippen LogP contribution in [0.5, 0.6) is 0 Å². The van der Waals surface area contributed by atoms with E-state index in [0.717, 1.165) is 24.4 Å². The van der Waals surface area contributed by atoms with Crippen molar-refractivity contribution in [3.63, 3.8) is 0 Å². The van der Waals surface area contributed by atoms with E-state index in [0.29, 0.717) is 18.4 Å². The van der Waals surface area contributed by atoms with Gasteiger partial charge in [0.2, 0.25) is 0 Å². The second kappa shape index (κ2) is 2.94. The second-order valence-electron chi connectivity index (χ2n) is 3.44. The summed E-state index contributed by atoms with van der Waals surface area (Å²) in [5.41, 5.74) is 0. The van der Waals surface area contributed by atoms with Crippen LogP contribution >= 0.6 is 0 Å². The van der Waals surface area contributed by atoms with Crippen molar-refractivity contribution in [1.29, 1.82) is 0 Å². The molecule has 0 bridgehead atoms. The third-order valence-electron chi connectivity index (χ3n) is 2.55. The molecule has 1 aliphatic rings. The summed E-state index contributed by atoms with van der Waals surface area (Å²) in [6.07, 6.45) is 2.05. The highest BCUT2D eigenvalue weighted by atomic mass is 16.3. The van der Waals surface area contributed by atoms with Crippen molar-refractivity contribution in [1.82, 2.24) is 0 Å². The van der Waals surface area contributed by atoms with Crippen LogP contribution in [0.3, 0.4) is 0 Å². The third-order valence-corrected chi connectivity index (χ3v) is 2.55. The topological polar surface area (TPSA) is 33.4 Å². The van der Waals surface area contributed by atoms with Crippen LogP contribution in [0.1, 0.15) is 30.8 Å². The highest BCUT2D eigenvalue weighted by molar-refractivity contribution is 5.18. The highest BCUT2D eigenvalue weighted by Crippen LogP contribution is 2.47. The molecule has 2 rings (SSSR count). The van der Waals surface area contributed by atoms with Crippen LogP contribution in [-0.2, 0) is 6.42 Å². The first-order valence-electron chi connectivity index (χ1n) is 4.54. The molecule has 1 aliphatic carbocycles. The first-order chi connectivity index (χ1) is 5.85. The molecular weight excluding hydrogens is 152 g/mol. The average molecular weight is 166 g/mol. The summed E-state index contributed by atoms with van der Waals surface area (Å²) in [7, 11) is 0. The Labute approximate surface area is 72.2 Å². The Kier molecular flexibility index (Phi) is 1.93. The van der Waals surface area contributed by atoms with Gasteiger partial charge in [0.1, 0.15) is 11.5 Å². The highest BCUT2D eigenvalue weighted by Gasteiger charge is 2.39. The van der Waals surface area contributed by atoms with Gasteiger partial charge in [-0.2, -0.15) is 0 Å². The largest absolute Gasteiger partial charge is 0.466 e. The van der Waals surface area contributed by atoms with Crippen molar-refractivity contribution in [3.8, 4) is 0 Å². The predicted molar refractivity (Wildman–Crippen MR) is 46.0 cm³/mol. The van der Waals surface area contributed by atoms with Crippen LogP contribution in [0.25, 0.3) is 0 Å². The molecule has 0 amide bonds. The zero-order valence-electron chi connectivity index (χ0n) is 7.29. The van der Waals surface area contributed by atoms with E-state index in [-0.39, 0.29) is 0 Å². The molecule has 66 valence electrons. The third kappa shape index (κ3) is 1.27. The van der Waals surface area contributed by atoms with Crippen molar-refractivity contribution < 1.29 is 9.52 Å². The van der Waals surface area contributed by atoms with E-state index in [1.54, 1.807) is 0 Å². The van der Waals surface area contributed by atoms with Gasteiger partial charge in [-0.05, 0) is 24.5 Å². The maximum atomic E-state index is 8.86. The maximum absolute atomic E-state index is 8.86. The molecule has 1 N–H and O–H groups in total. The lowest BCUT2D eigenvalue weighted by atomic mass is 10.2. The summed E-state index contributed by atoms with van der Waals surface area (Å²) >= 11 is 0. The number of furan rings is 1. The molecule has 0 aliphatic heterocycles. The molecule has 12 heavy (non-hydrogen) atoms. The summed E-state index contributed by atoms with van der Waals surface area (Å²) in [5.74, 6) is 3.07. The number of aliphatic hydroxyl groups is 1. The molecule has 2 unspecified atom stereocenters. The standard InChI is InChI=1S/C10H14O2/c1-2-8-3-4-10(12-8)9-5-7(9)6-11/h3-4,7,9,11H,2,5-6H2,1H3. The monoisotopic (exact) mass is 166 g/mol. The zero-order chi connectivity index (χ0) is 8.55. The molecule has 1 saturated carbocycles. The Hall–Kier alpha value is -0.760. The zero-order valence-corrected chi connectivity index (χ0v) is 7.29. The van der Waals surface area contributed by atoms with Crippen molar-refractivity contribution in [2.75, 3.05) is 6.61 Å². The minimum Gasteiger partial charge on any atom is -0.466 e. The van der Waals surface area contributed by atoms with Gasteiger partial charge in [0.15, 0.2) is 0 Å². The van der Waals surface area contributed by atoms with E-state index < -0.39 is 0 Å². The van der Waals surface area contributed by atoms with Crippen LogP contribution in [0.4, 0.5) is 0 Å². The van der Waals surface area contributed by atoms with Crippen LogP contribution in [0, 0.1) is 5.92 Å². The van der Waals surface area contributed by atoms with Gasteiger partial charge in [0.25, 0.3) is 0 Å². The molecule has 0 radical (unpaired) electrons. The molecule has 1 fully saturated rings. The fourth-order valence-electron chi connectivity index (χ4n) is 1.58. The van der Waals surface area contributed by atoms with E-state index >= 15 is 0 Å². The van der Waals surface area contributed by atoms with Gasteiger partial charge in [0.05, 0.1) is 0 Å².